The van der Waals surface area contributed by atoms with Crippen molar-refractivity contribution in [2.24, 2.45) is 0 Å². The lowest BCUT2D eigenvalue weighted by atomic mass is 10.2. The van der Waals surface area contributed by atoms with Gasteiger partial charge in [0, 0.05) is 12.1 Å². The zero-order valence-corrected chi connectivity index (χ0v) is 17.2. The fraction of sp³-hybridized carbons (Fsp3) is 0.150. The quantitative estimate of drug-likeness (QED) is 0.590. The van der Waals surface area contributed by atoms with Gasteiger partial charge in [-0.15, -0.1) is 11.3 Å². The van der Waals surface area contributed by atoms with E-state index in [4.69, 9.17) is 4.74 Å². The standard InChI is InChI=1S/C20H19FN2O4S2/c1-27-18-10-5-4-9-17(18)23(29(25,26)20-11-6-12-28-20)14-19(24)22-13-15-7-2-3-8-16(15)21/h2-12H,13-14H2,1H3,(H,22,24). The molecule has 0 aliphatic carbocycles. The van der Waals surface area contributed by atoms with E-state index >= 15 is 0 Å². The van der Waals surface area contributed by atoms with Crippen LogP contribution in [-0.2, 0) is 21.4 Å². The normalized spacial score (nSPS) is 11.1. The molecule has 1 N–H and O–H groups in total. The maximum Gasteiger partial charge on any atom is 0.274 e. The van der Waals surface area contributed by atoms with Gasteiger partial charge in [0.1, 0.15) is 22.3 Å². The van der Waals surface area contributed by atoms with Crippen molar-refractivity contribution in [1.29, 1.82) is 0 Å². The molecule has 3 rings (SSSR count). The summed E-state index contributed by atoms with van der Waals surface area (Å²) in [5, 5.41) is 4.22. The van der Waals surface area contributed by atoms with Crippen LogP contribution < -0.4 is 14.4 Å². The van der Waals surface area contributed by atoms with Crippen molar-refractivity contribution in [3.8, 4) is 5.75 Å². The maximum absolute atomic E-state index is 13.8. The highest BCUT2D eigenvalue weighted by Crippen LogP contribution is 2.33. The Hall–Kier alpha value is -2.91. The van der Waals surface area contributed by atoms with Gasteiger partial charge in [-0.2, -0.15) is 0 Å². The van der Waals surface area contributed by atoms with E-state index in [1.165, 1.54) is 19.2 Å². The minimum Gasteiger partial charge on any atom is -0.495 e. The Kier molecular flexibility index (Phi) is 6.50. The van der Waals surface area contributed by atoms with E-state index in [1.807, 2.05) is 0 Å². The molecule has 0 aliphatic rings. The molecule has 1 amide bonds. The van der Waals surface area contributed by atoms with Gasteiger partial charge in [0.2, 0.25) is 5.91 Å². The lowest BCUT2D eigenvalue weighted by Crippen LogP contribution is -2.40. The molecular formula is C20H19FN2O4S2. The molecule has 0 radical (unpaired) electrons. The first-order valence-electron chi connectivity index (χ1n) is 8.63. The van der Waals surface area contributed by atoms with E-state index in [-0.39, 0.29) is 16.4 Å². The van der Waals surface area contributed by atoms with E-state index < -0.39 is 28.3 Å². The first-order chi connectivity index (χ1) is 13.9. The predicted molar refractivity (Wildman–Crippen MR) is 110 cm³/mol. The topological polar surface area (TPSA) is 75.7 Å². The Balaban J connectivity index is 1.88. The van der Waals surface area contributed by atoms with Gasteiger partial charge < -0.3 is 10.1 Å². The lowest BCUT2D eigenvalue weighted by Gasteiger charge is -2.25. The zero-order valence-electron chi connectivity index (χ0n) is 15.5. The summed E-state index contributed by atoms with van der Waals surface area (Å²) in [5.41, 5.74) is 0.551. The number of ether oxygens (including phenoxy) is 1. The smallest absolute Gasteiger partial charge is 0.274 e. The molecule has 0 saturated carbocycles. The average molecular weight is 435 g/mol. The molecule has 0 aliphatic heterocycles. The second kappa shape index (κ2) is 9.06. The Bertz CT molecular complexity index is 1090. The number of sulfonamides is 1. The molecule has 0 fully saturated rings. The van der Waals surface area contributed by atoms with Gasteiger partial charge in [0.15, 0.2) is 0 Å². The van der Waals surface area contributed by atoms with Crippen LogP contribution in [0.2, 0.25) is 0 Å². The van der Waals surface area contributed by atoms with Crippen LogP contribution in [0.1, 0.15) is 5.56 Å². The largest absolute Gasteiger partial charge is 0.495 e. The average Bonchev–Trinajstić information content (AvgIpc) is 3.27. The molecule has 2 aromatic carbocycles. The fourth-order valence-corrected chi connectivity index (χ4v) is 5.21. The van der Waals surface area contributed by atoms with Gasteiger partial charge in [0.05, 0.1) is 12.8 Å². The Morgan fingerprint density at radius 2 is 1.83 bits per heavy atom. The lowest BCUT2D eigenvalue weighted by molar-refractivity contribution is -0.119. The number of nitrogens with one attached hydrogen (secondary N) is 1. The fourth-order valence-electron chi connectivity index (χ4n) is 2.68. The molecule has 9 heteroatoms. The molecule has 6 nitrogen and oxygen atoms in total. The number of hydrogen-bond donors (Lipinski definition) is 1. The Labute approximate surface area is 172 Å². The van der Waals surface area contributed by atoms with Crippen LogP contribution >= 0.6 is 11.3 Å². The van der Waals surface area contributed by atoms with Crippen molar-refractivity contribution >= 4 is 33.0 Å². The third-order valence-corrected chi connectivity index (χ3v) is 7.25. The third kappa shape index (κ3) is 4.75. The molecule has 29 heavy (non-hydrogen) atoms. The molecule has 0 spiro atoms. The summed E-state index contributed by atoms with van der Waals surface area (Å²) in [5.74, 6) is -0.700. The third-order valence-electron chi connectivity index (χ3n) is 4.11. The molecule has 3 aromatic rings. The van der Waals surface area contributed by atoms with Crippen molar-refractivity contribution in [3.05, 3.63) is 77.4 Å². The summed E-state index contributed by atoms with van der Waals surface area (Å²) in [6, 6.07) is 15.7. The molecule has 0 unspecified atom stereocenters. The SMILES string of the molecule is COc1ccccc1N(CC(=O)NCc1ccccc1F)S(=O)(=O)c1cccs1. The number of carbonyl (C=O) groups excluding carboxylic acids is 1. The van der Waals surface area contributed by atoms with Crippen LogP contribution in [0.3, 0.4) is 0 Å². The molecule has 1 aromatic heterocycles. The van der Waals surface area contributed by atoms with Crippen molar-refractivity contribution in [3.63, 3.8) is 0 Å². The van der Waals surface area contributed by atoms with Crippen molar-refractivity contribution in [1.82, 2.24) is 5.32 Å². The maximum atomic E-state index is 13.8. The van der Waals surface area contributed by atoms with Gasteiger partial charge >= 0.3 is 0 Å². The number of anilines is 1. The van der Waals surface area contributed by atoms with Crippen LogP contribution in [0.25, 0.3) is 0 Å². The van der Waals surface area contributed by atoms with Crippen molar-refractivity contribution in [2.45, 2.75) is 10.8 Å². The second-order valence-electron chi connectivity index (χ2n) is 5.98. The first kappa shape index (κ1) is 20.8. The number of nitrogens with zero attached hydrogens (tertiary/aromatic N) is 1. The van der Waals surface area contributed by atoms with E-state index in [0.29, 0.717) is 11.3 Å². The Morgan fingerprint density at radius 1 is 1.10 bits per heavy atom. The van der Waals surface area contributed by atoms with Gasteiger partial charge in [-0.25, -0.2) is 12.8 Å². The number of hydrogen-bond acceptors (Lipinski definition) is 5. The zero-order chi connectivity index (χ0) is 20.9. The Morgan fingerprint density at radius 3 is 2.52 bits per heavy atom. The summed E-state index contributed by atoms with van der Waals surface area (Å²) in [6.45, 7) is -0.528. The number of carbonyl (C=O) groups is 1. The summed E-state index contributed by atoms with van der Waals surface area (Å²) in [6.07, 6.45) is 0. The predicted octanol–water partition coefficient (Wildman–Crippen LogP) is 3.41. The van der Waals surface area contributed by atoms with Crippen LogP contribution in [0.5, 0.6) is 5.75 Å². The minimum absolute atomic E-state index is 0.0513. The number of thiophene rings is 1. The molecule has 152 valence electrons. The molecule has 0 atom stereocenters. The monoisotopic (exact) mass is 434 g/mol. The second-order valence-corrected chi connectivity index (χ2v) is 9.02. The summed E-state index contributed by atoms with van der Waals surface area (Å²) in [7, 11) is -2.57. The van der Waals surface area contributed by atoms with Crippen LogP contribution in [0.4, 0.5) is 10.1 Å². The molecule has 1 heterocycles. The van der Waals surface area contributed by atoms with Crippen molar-refractivity contribution < 1.29 is 22.3 Å². The van der Waals surface area contributed by atoms with E-state index in [2.05, 4.69) is 5.32 Å². The number of methoxy groups -OCH3 is 1. The number of rotatable bonds is 8. The first-order valence-corrected chi connectivity index (χ1v) is 10.9. The molecule has 0 saturated heterocycles. The molecular weight excluding hydrogens is 415 g/mol. The number of halogens is 1. The molecule has 0 bridgehead atoms. The highest BCUT2D eigenvalue weighted by molar-refractivity contribution is 7.94. The van der Waals surface area contributed by atoms with E-state index in [0.717, 1.165) is 15.6 Å². The van der Waals surface area contributed by atoms with Gasteiger partial charge in [-0.1, -0.05) is 36.4 Å². The summed E-state index contributed by atoms with van der Waals surface area (Å²) in [4.78, 5) is 12.6. The summed E-state index contributed by atoms with van der Waals surface area (Å²) < 4.78 is 46.5. The highest BCUT2D eigenvalue weighted by atomic mass is 32.2. The van der Waals surface area contributed by atoms with E-state index in [9.17, 15) is 17.6 Å². The van der Waals surface area contributed by atoms with Crippen LogP contribution in [-0.4, -0.2) is 28.0 Å². The number of amides is 1. The van der Waals surface area contributed by atoms with Crippen LogP contribution in [0, 0.1) is 5.82 Å². The van der Waals surface area contributed by atoms with Gasteiger partial charge in [-0.05, 0) is 29.6 Å². The van der Waals surface area contributed by atoms with E-state index in [1.54, 1.807) is 53.9 Å². The minimum atomic E-state index is -3.99. The van der Waals surface area contributed by atoms with Crippen molar-refractivity contribution in [2.75, 3.05) is 18.0 Å². The number of benzene rings is 2. The van der Waals surface area contributed by atoms with Gasteiger partial charge in [-0.3, -0.25) is 9.10 Å². The number of para-hydroxylation sites is 2. The van der Waals surface area contributed by atoms with Gasteiger partial charge in [0.25, 0.3) is 10.0 Å². The van der Waals surface area contributed by atoms with Crippen LogP contribution in [0.15, 0.2) is 70.3 Å². The summed E-state index contributed by atoms with van der Waals surface area (Å²) >= 11 is 1.05. The highest BCUT2D eigenvalue weighted by Gasteiger charge is 2.30.